The molecule has 2 atom stereocenters. The number of halogens is 1. The largest absolute Gasteiger partial charge is 0.507 e. The van der Waals surface area contributed by atoms with Gasteiger partial charge in [-0.2, -0.15) is 0 Å². The predicted octanol–water partition coefficient (Wildman–Crippen LogP) is 3.72. The van der Waals surface area contributed by atoms with Gasteiger partial charge < -0.3 is 24.3 Å². The maximum atomic E-state index is 13.2. The lowest BCUT2D eigenvalue weighted by atomic mass is 9.90. The molecule has 0 spiro atoms. The van der Waals surface area contributed by atoms with Gasteiger partial charge in [0, 0.05) is 27.6 Å². The van der Waals surface area contributed by atoms with Crippen LogP contribution in [0.3, 0.4) is 0 Å². The normalized spacial score (nSPS) is 19.7. The molecule has 7 heteroatoms. The van der Waals surface area contributed by atoms with E-state index >= 15 is 0 Å². The van der Waals surface area contributed by atoms with E-state index in [1.165, 1.54) is 13.2 Å². The summed E-state index contributed by atoms with van der Waals surface area (Å²) in [4.78, 5) is 15.3. The van der Waals surface area contributed by atoms with Crippen LogP contribution < -0.4 is 10.2 Å². The number of aromatic hydroxyl groups is 1. The van der Waals surface area contributed by atoms with E-state index in [1.807, 2.05) is 31.3 Å². The minimum absolute atomic E-state index is 0.00346. The smallest absolute Gasteiger partial charge is 0.239 e. The molecule has 0 bridgehead atoms. The fourth-order valence-electron chi connectivity index (χ4n) is 4.19. The molecule has 2 N–H and O–H groups in total. The first-order valence-corrected chi connectivity index (χ1v) is 10.2. The van der Waals surface area contributed by atoms with E-state index in [0.717, 1.165) is 23.0 Å². The summed E-state index contributed by atoms with van der Waals surface area (Å²) in [6.45, 7) is 0.835. The molecule has 2 aromatic carbocycles. The van der Waals surface area contributed by atoms with Crippen molar-refractivity contribution in [1.82, 2.24) is 4.90 Å². The van der Waals surface area contributed by atoms with Gasteiger partial charge in [0.15, 0.2) is 5.76 Å². The van der Waals surface area contributed by atoms with Crippen LogP contribution in [-0.4, -0.2) is 48.5 Å². The van der Waals surface area contributed by atoms with Gasteiger partial charge in [-0.15, -0.1) is 0 Å². The Hall–Kier alpha value is -2.35. The number of hydrogen-bond donors (Lipinski definition) is 2. The lowest BCUT2D eigenvalue weighted by Crippen LogP contribution is -2.31. The van der Waals surface area contributed by atoms with Crippen molar-refractivity contribution in [2.24, 2.45) is 0 Å². The van der Waals surface area contributed by atoms with Gasteiger partial charge >= 0.3 is 0 Å². The number of fused-ring (bicyclic) bond motifs is 1. The van der Waals surface area contributed by atoms with Gasteiger partial charge in [0.25, 0.3) is 0 Å². The number of phenols is 1. The first-order valence-electron chi connectivity index (χ1n) is 9.40. The first kappa shape index (κ1) is 19.9. The molecule has 1 aromatic heterocycles. The van der Waals surface area contributed by atoms with Gasteiger partial charge in [-0.05, 0) is 50.3 Å². The van der Waals surface area contributed by atoms with E-state index in [9.17, 15) is 15.0 Å². The van der Waals surface area contributed by atoms with Gasteiger partial charge in [0.1, 0.15) is 16.7 Å². The zero-order chi connectivity index (χ0) is 20.7. The molecule has 0 aliphatic carbocycles. The van der Waals surface area contributed by atoms with Crippen LogP contribution in [0.25, 0.3) is 22.3 Å². The van der Waals surface area contributed by atoms with Crippen LogP contribution in [0, 0.1) is 0 Å². The summed E-state index contributed by atoms with van der Waals surface area (Å²) >= 11 is 3.41. The number of likely N-dealkylation sites (tertiary alicyclic amines) is 1. The molecule has 152 valence electrons. The van der Waals surface area contributed by atoms with Gasteiger partial charge in [-0.25, -0.2) is 0 Å². The van der Waals surface area contributed by atoms with Crippen LogP contribution in [0.15, 0.2) is 50.1 Å². The second-order valence-electron chi connectivity index (χ2n) is 7.30. The number of likely N-dealkylation sites (N-methyl/N-ethyl adjacent to an activating group) is 1. The van der Waals surface area contributed by atoms with Crippen LogP contribution in [0.5, 0.6) is 11.5 Å². The van der Waals surface area contributed by atoms with E-state index in [2.05, 4.69) is 20.8 Å². The Kier molecular flexibility index (Phi) is 5.38. The van der Waals surface area contributed by atoms with Crippen LogP contribution in [0.2, 0.25) is 0 Å². The summed E-state index contributed by atoms with van der Waals surface area (Å²) in [5.41, 5.74) is 1.42. The molecule has 1 aliphatic rings. The number of benzene rings is 2. The molecular weight excluding hydrogens is 438 g/mol. The highest BCUT2D eigenvalue weighted by Crippen LogP contribution is 2.41. The minimum atomic E-state index is -0.419. The quantitative estimate of drug-likeness (QED) is 0.618. The topological polar surface area (TPSA) is 83.1 Å². The van der Waals surface area contributed by atoms with Crippen molar-refractivity contribution in [1.29, 1.82) is 0 Å². The Morgan fingerprint density at radius 3 is 2.62 bits per heavy atom. The molecule has 1 aliphatic heterocycles. The van der Waals surface area contributed by atoms with E-state index < -0.39 is 5.43 Å². The third-order valence-electron chi connectivity index (χ3n) is 5.73. The zero-order valence-electron chi connectivity index (χ0n) is 16.2. The second kappa shape index (κ2) is 7.82. The van der Waals surface area contributed by atoms with Crippen molar-refractivity contribution in [3.63, 3.8) is 0 Å². The molecule has 29 heavy (non-hydrogen) atoms. The molecule has 0 radical (unpaired) electrons. The Morgan fingerprint density at radius 1 is 1.24 bits per heavy atom. The monoisotopic (exact) mass is 459 g/mol. The standard InChI is InChI=1S/C22H22BrNO5/c1-24-10-9-14(16(24)11-25)15-7-8-17(26)18-19(27)22(28-2)20(29-21(15)18)12-3-5-13(23)6-4-12/h3-8,14,16,25-26H,9-11H2,1-2H3/t14-,16-/m0/s1. The number of nitrogens with zero attached hydrogens (tertiary/aromatic N) is 1. The van der Waals surface area contributed by atoms with Crippen LogP contribution >= 0.6 is 15.9 Å². The molecule has 2 heterocycles. The number of methoxy groups -OCH3 is 1. The lowest BCUT2D eigenvalue weighted by molar-refractivity contribution is 0.172. The summed E-state index contributed by atoms with van der Waals surface area (Å²) in [7, 11) is 3.38. The first-order chi connectivity index (χ1) is 14.0. The van der Waals surface area contributed by atoms with Gasteiger partial charge in [-0.1, -0.05) is 22.0 Å². The average Bonchev–Trinajstić information content (AvgIpc) is 3.08. The maximum Gasteiger partial charge on any atom is 0.239 e. The van der Waals surface area contributed by atoms with E-state index in [0.29, 0.717) is 16.9 Å². The molecular formula is C22H22BrNO5. The fraction of sp³-hybridized carbons (Fsp3) is 0.318. The summed E-state index contributed by atoms with van der Waals surface area (Å²) in [6.07, 6.45) is 0.824. The summed E-state index contributed by atoms with van der Waals surface area (Å²) < 4.78 is 12.5. The van der Waals surface area contributed by atoms with E-state index in [-0.39, 0.29) is 35.5 Å². The molecule has 3 aromatic rings. The van der Waals surface area contributed by atoms with E-state index in [4.69, 9.17) is 9.15 Å². The molecule has 1 saturated heterocycles. The molecule has 6 nitrogen and oxygen atoms in total. The molecule has 4 rings (SSSR count). The van der Waals surface area contributed by atoms with Crippen molar-refractivity contribution >= 4 is 26.9 Å². The van der Waals surface area contributed by atoms with Gasteiger partial charge in [0.05, 0.1) is 13.7 Å². The Morgan fingerprint density at radius 2 is 1.97 bits per heavy atom. The van der Waals surface area contributed by atoms with Crippen molar-refractivity contribution < 1.29 is 19.4 Å². The third-order valence-corrected chi connectivity index (χ3v) is 6.26. The van der Waals surface area contributed by atoms with Crippen LogP contribution in [0.4, 0.5) is 0 Å². The minimum Gasteiger partial charge on any atom is -0.507 e. The van der Waals surface area contributed by atoms with Crippen molar-refractivity contribution in [3.8, 4) is 22.8 Å². The number of ether oxygens (including phenoxy) is 1. The number of hydrogen-bond acceptors (Lipinski definition) is 6. The summed E-state index contributed by atoms with van der Waals surface area (Å²) in [5.74, 6) is 0.207. The van der Waals surface area contributed by atoms with Crippen molar-refractivity contribution in [3.05, 3.63) is 56.7 Å². The highest BCUT2D eigenvalue weighted by Gasteiger charge is 2.35. The molecule has 0 unspecified atom stereocenters. The van der Waals surface area contributed by atoms with E-state index in [1.54, 1.807) is 6.07 Å². The third kappa shape index (κ3) is 3.33. The number of phenolic OH excluding ortho intramolecular Hbond substituents is 1. The highest BCUT2D eigenvalue weighted by molar-refractivity contribution is 9.10. The maximum absolute atomic E-state index is 13.2. The van der Waals surface area contributed by atoms with Crippen molar-refractivity contribution in [2.45, 2.75) is 18.4 Å². The SMILES string of the molecule is COc1c(-c2ccc(Br)cc2)oc2c([C@@H]3CCN(C)[C@H]3CO)ccc(O)c2c1=O. The average molecular weight is 460 g/mol. The lowest BCUT2D eigenvalue weighted by Gasteiger charge is -2.24. The Labute approximate surface area is 176 Å². The Balaban J connectivity index is 2.01. The summed E-state index contributed by atoms with van der Waals surface area (Å²) in [6, 6.07) is 10.6. The molecule has 0 saturated carbocycles. The van der Waals surface area contributed by atoms with Crippen molar-refractivity contribution in [2.75, 3.05) is 27.3 Å². The Bertz CT molecular complexity index is 1110. The number of rotatable bonds is 4. The fourth-order valence-corrected chi connectivity index (χ4v) is 4.45. The van der Waals surface area contributed by atoms with Crippen LogP contribution in [0.1, 0.15) is 17.9 Å². The second-order valence-corrected chi connectivity index (χ2v) is 8.22. The van der Waals surface area contributed by atoms with Gasteiger partial charge in [-0.3, -0.25) is 4.79 Å². The molecule has 1 fully saturated rings. The number of aliphatic hydroxyl groups is 1. The highest BCUT2D eigenvalue weighted by atomic mass is 79.9. The predicted molar refractivity (Wildman–Crippen MR) is 115 cm³/mol. The molecule has 0 amide bonds. The number of aliphatic hydroxyl groups excluding tert-OH is 1. The zero-order valence-corrected chi connectivity index (χ0v) is 17.8. The van der Waals surface area contributed by atoms with Crippen LogP contribution in [-0.2, 0) is 0 Å². The van der Waals surface area contributed by atoms with Gasteiger partial charge in [0.2, 0.25) is 11.2 Å². The summed E-state index contributed by atoms with van der Waals surface area (Å²) in [5, 5.41) is 20.4.